The van der Waals surface area contributed by atoms with Crippen LogP contribution in [0.4, 0.5) is 8.78 Å². The molecule has 0 spiro atoms. The van der Waals surface area contributed by atoms with Gasteiger partial charge in [-0.3, -0.25) is 9.69 Å². The fourth-order valence-electron chi connectivity index (χ4n) is 1.67. The fraction of sp³-hybridized carbons (Fsp3) is 0.462. The van der Waals surface area contributed by atoms with Gasteiger partial charge in [-0.15, -0.1) is 0 Å². The van der Waals surface area contributed by atoms with Crippen molar-refractivity contribution in [2.24, 2.45) is 0 Å². The third-order valence-electron chi connectivity index (χ3n) is 2.53. The van der Waals surface area contributed by atoms with E-state index in [0.717, 1.165) is 12.5 Å². The summed E-state index contributed by atoms with van der Waals surface area (Å²) in [4.78, 5) is 13.0. The van der Waals surface area contributed by atoms with Crippen molar-refractivity contribution in [1.82, 2.24) is 4.90 Å². The zero-order valence-corrected chi connectivity index (χ0v) is 10.6. The summed E-state index contributed by atoms with van der Waals surface area (Å²) in [5.74, 6) is -1.57. The number of rotatable bonds is 6. The number of ether oxygens (including phenoxy) is 1. The molecule has 18 heavy (non-hydrogen) atoms. The molecule has 5 heteroatoms. The van der Waals surface area contributed by atoms with Gasteiger partial charge in [0.25, 0.3) is 0 Å². The van der Waals surface area contributed by atoms with Crippen molar-refractivity contribution in [3.8, 4) is 0 Å². The van der Waals surface area contributed by atoms with Crippen molar-refractivity contribution in [3.05, 3.63) is 35.4 Å². The predicted octanol–water partition coefficient (Wildman–Crippen LogP) is 2.35. The normalized spacial score (nSPS) is 10.7. The van der Waals surface area contributed by atoms with Crippen LogP contribution in [0.3, 0.4) is 0 Å². The van der Waals surface area contributed by atoms with E-state index in [1.807, 2.05) is 6.92 Å². The summed E-state index contributed by atoms with van der Waals surface area (Å²) in [6, 6.07) is 3.45. The van der Waals surface area contributed by atoms with Crippen LogP contribution in [0.15, 0.2) is 18.2 Å². The number of carbonyl (C=O) groups excluding carboxylic acids is 1. The molecular weight excluding hydrogens is 240 g/mol. The largest absolute Gasteiger partial charge is 0.468 e. The molecule has 0 amide bonds. The summed E-state index contributed by atoms with van der Waals surface area (Å²) < 4.78 is 30.8. The molecule has 0 aromatic heterocycles. The maximum Gasteiger partial charge on any atom is 0.319 e. The molecule has 0 N–H and O–H groups in total. The molecule has 0 unspecified atom stereocenters. The van der Waals surface area contributed by atoms with Gasteiger partial charge in [-0.25, -0.2) is 8.78 Å². The molecule has 0 fully saturated rings. The Balaban J connectivity index is 2.72. The average Bonchev–Trinajstić information content (AvgIpc) is 2.32. The molecule has 0 aliphatic heterocycles. The highest BCUT2D eigenvalue weighted by Crippen LogP contribution is 2.12. The summed E-state index contributed by atoms with van der Waals surface area (Å²) in [6.45, 7) is 2.97. The van der Waals surface area contributed by atoms with Crippen LogP contribution in [-0.2, 0) is 16.1 Å². The van der Waals surface area contributed by atoms with Gasteiger partial charge in [0.2, 0.25) is 0 Å². The first-order valence-corrected chi connectivity index (χ1v) is 5.80. The van der Waals surface area contributed by atoms with E-state index < -0.39 is 11.6 Å². The first kappa shape index (κ1) is 14.6. The molecule has 3 nitrogen and oxygen atoms in total. The molecule has 100 valence electrons. The molecule has 1 aromatic carbocycles. The quantitative estimate of drug-likeness (QED) is 0.733. The lowest BCUT2D eigenvalue weighted by molar-refractivity contribution is -0.142. The van der Waals surface area contributed by atoms with Gasteiger partial charge >= 0.3 is 5.97 Å². The van der Waals surface area contributed by atoms with Crippen molar-refractivity contribution < 1.29 is 18.3 Å². The smallest absolute Gasteiger partial charge is 0.319 e. The van der Waals surface area contributed by atoms with Crippen LogP contribution < -0.4 is 0 Å². The molecule has 0 aliphatic carbocycles. The minimum absolute atomic E-state index is 0.0984. The van der Waals surface area contributed by atoms with Crippen LogP contribution in [0.2, 0.25) is 0 Å². The lowest BCUT2D eigenvalue weighted by Crippen LogP contribution is -2.31. The van der Waals surface area contributed by atoms with Crippen molar-refractivity contribution in [1.29, 1.82) is 0 Å². The van der Waals surface area contributed by atoms with Gasteiger partial charge in [-0.1, -0.05) is 13.0 Å². The molecule has 0 aliphatic rings. The van der Waals surface area contributed by atoms with Gasteiger partial charge in [0.15, 0.2) is 0 Å². The van der Waals surface area contributed by atoms with Crippen LogP contribution in [0.5, 0.6) is 0 Å². The molecule has 0 saturated heterocycles. The second-order valence-corrected chi connectivity index (χ2v) is 4.02. The Kier molecular flexibility index (Phi) is 5.71. The second kappa shape index (κ2) is 7.06. The zero-order valence-electron chi connectivity index (χ0n) is 10.6. The number of methoxy groups -OCH3 is 1. The molecule has 0 atom stereocenters. The van der Waals surface area contributed by atoms with E-state index in [9.17, 15) is 13.6 Å². The Morgan fingerprint density at radius 1 is 1.39 bits per heavy atom. The van der Waals surface area contributed by atoms with Crippen molar-refractivity contribution >= 4 is 5.97 Å². The summed E-state index contributed by atoms with van der Waals surface area (Å²) >= 11 is 0. The third kappa shape index (κ3) is 4.41. The number of esters is 1. The number of benzene rings is 1. The Morgan fingerprint density at radius 2 is 2.11 bits per heavy atom. The highest BCUT2D eigenvalue weighted by molar-refractivity contribution is 5.71. The van der Waals surface area contributed by atoms with Gasteiger partial charge in [0, 0.05) is 18.2 Å². The lowest BCUT2D eigenvalue weighted by atomic mass is 10.2. The molecule has 1 aromatic rings. The average molecular weight is 257 g/mol. The van der Waals surface area contributed by atoms with E-state index >= 15 is 0 Å². The Bertz CT molecular complexity index is 410. The van der Waals surface area contributed by atoms with Gasteiger partial charge in [0.05, 0.1) is 13.7 Å². The van der Waals surface area contributed by atoms with Crippen LogP contribution in [0, 0.1) is 11.6 Å². The van der Waals surface area contributed by atoms with Gasteiger partial charge in [0.1, 0.15) is 11.6 Å². The van der Waals surface area contributed by atoms with E-state index in [4.69, 9.17) is 0 Å². The third-order valence-corrected chi connectivity index (χ3v) is 2.53. The standard InChI is InChI=1S/C13H17F2NO2/c1-3-6-16(9-13(17)18-2)8-10-4-5-11(14)7-12(10)15/h4-5,7H,3,6,8-9H2,1-2H3. The number of hydrogen-bond donors (Lipinski definition) is 0. The maximum atomic E-state index is 13.5. The molecule has 0 radical (unpaired) electrons. The van der Waals surface area contributed by atoms with Gasteiger partial charge in [-0.2, -0.15) is 0 Å². The minimum atomic E-state index is -0.605. The second-order valence-electron chi connectivity index (χ2n) is 4.02. The highest BCUT2D eigenvalue weighted by Gasteiger charge is 2.13. The van der Waals surface area contributed by atoms with Crippen LogP contribution in [0.25, 0.3) is 0 Å². The summed E-state index contributed by atoms with van der Waals surface area (Å²) in [7, 11) is 1.31. The summed E-state index contributed by atoms with van der Waals surface area (Å²) in [6.07, 6.45) is 0.833. The molecule has 0 heterocycles. The van der Waals surface area contributed by atoms with Crippen molar-refractivity contribution in [3.63, 3.8) is 0 Å². The Labute approximate surface area is 105 Å². The summed E-state index contributed by atoms with van der Waals surface area (Å²) in [5.41, 5.74) is 0.369. The SMILES string of the molecule is CCCN(CC(=O)OC)Cc1ccc(F)cc1F. The highest BCUT2D eigenvalue weighted by atomic mass is 19.1. The lowest BCUT2D eigenvalue weighted by Gasteiger charge is -2.20. The van der Waals surface area contributed by atoms with Crippen LogP contribution >= 0.6 is 0 Å². The van der Waals surface area contributed by atoms with Crippen molar-refractivity contribution in [2.45, 2.75) is 19.9 Å². The fourth-order valence-corrected chi connectivity index (χ4v) is 1.67. The Hall–Kier alpha value is -1.49. The monoisotopic (exact) mass is 257 g/mol. The number of hydrogen-bond acceptors (Lipinski definition) is 3. The molecule has 0 saturated carbocycles. The maximum absolute atomic E-state index is 13.5. The van der Waals surface area contributed by atoms with Gasteiger partial charge < -0.3 is 4.74 Å². The van der Waals surface area contributed by atoms with E-state index in [1.54, 1.807) is 4.90 Å². The number of halogens is 2. The minimum Gasteiger partial charge on any atom is -0.468 e. The zero-order chi connectivity index (χ0) is 13.5. The number of carbonyl (C=O) groups is 1. The first-order chi connectivity index (χ1) is 8.56. The summed E-state index contributed by atoms with van der Waals surface area (Å²) in [5, 5.41) is 0. The van der Waals surface area contributed by atoms with Gasteiger partial charge in [-0.05, 0) is 19.0 Å². The first-order valence-electron chi connectivity index (χ1n) is 5.80. The van der Waals surface area contributed by atoms with Crippen LogP contribution in [-0.4, -0.2) is 31.1 Å². The topological polar surface area (TPSA) is 29.5 Å². The molecular formula is C13H17F2NO2. The van der Waals surface area contributed by atoms with E-state index in [-0.39, 0.29) is 19.1 Å². The van der Waals surface area contributed by atoms with E-state index in [1.165, 1.54) is 19.2 Å². The number of nitrogens with zero attached hydrogens (tertiary/aromatic N) is 1. The molecule has 1 rings (SSSR count). The predicted molar refractivity (Wildman–Crippen MR) is 63.9 cm³/mol. The van der Waals surface area contributed by atoms with Crippen molar-refractivity contribution in [2.75, 3.05) is 20.2 Å². The Morgan fingerprint density at radius 3 is 2.67 bits per heavy atom. The van der Waals surface area contributed by atoms with E-state index in [0.29, 0.717) is 12.1 Å². The van der Waals surface area contributed by atoms with E-state index in [2.05, 4.69) is 4.74 Å². The molecule has 0 bridgehead atoms. The van der Waals surface area contributed by atoms with Crippen LogP contribution in [0.1, 0.15) is 18.9 Å².